The third-order valence-electron chi connectivity index (χ3n) is 4.81. The molecular formula is C23H17FN2O2. The number of benzene rings is 2. The summed E-state index contributed by atoms with van der Waals surface area (Å²) in [5.41, 5.74) is 3.59. The van der Waals surface area contributed by atoms with Crippen LogP contribution in [-0.4, -0.2) is 11.5 Å². The lowest BCUT2D eigenvalue weighted by Gasteiger charge is -2.23. The standard InChI is InChI=1S/C23H17FN2O2/c1-23(2)18(15-7-3-5-14(11-15)6-4-10-25)13-20(28-23)21-17-9-8-16(24)12-19(17)26-22(21)27/h3-9,11-13H,1-2H3,(H,26,27)/b6-4+,21-20?. The van der Waals surface area contributed by atoms with Crippen LogP contribution in [0.2, 0.25) is 0 Å². The highest BCUT2D eigenvalue weighted by atomic mass is 19.1. The van der Waals surface area contributed by atoms with Crippen LogP contribution in [0.1, 0.15) is 30.5 Å². The maximum Gasteiger partial charge on any atom is 0.260 e. The third-order valence-corrected chi connectivity index (χ3v) is 4.81. The SMILES string of the molecule is CC1(C)OC(=C2C(=O)Nc3cc(F)ccc32)C=C1c1cccc(/C=C/C#N)c1. The van der Waals surface area contributed by atoms with E-state index in [0.717, 1.165) is 16.7 Å². The molecule has 2 aromatic carbocycles. The van der Waals surface area contributed by atoms with Gasteiger partial charge in [0.25, 0.3) is 5.91 Å². The van der Waals surface area contributed by atoms with Crippen LogP contribution in [0.4, 0.5) is 10.1 Å². The number of nitrogens with one attached hydrogen (secondary N) is 1. The van der Waals surface area contributed by atoms with Gasteiger partial charge in [-0.2, -0.15) is 5.26 Å². The molecule has 5 heteroatoms. The largest absolute Gasteiger partial charge is 0.482 e. The maximum atomic E-state index is 13.5. The van der Waals surface area contributed by atoms with Crippen molar-refractivity contribution in [1.29, 1.82) is 5.26 Å². The van der Waals surface area contributed by atoms with Crippen LogP contribution >= 0.6 is 0 Å². The van der Waals surface area contributed by atoms with Crippen LogP contribution in [0.5, 0.6) is 0 Å². The van der Waals surface area contributed by atoms with Crippen molar-refractivity contribution in [3.63, 3.8) is 0 Å². The molecular weight excluding hydrogens is 355 g/mol. The molecule has 2 heterocycles. The van der Waals surface area contributed by atoms with E-state index in [9.17, 15) is 9.18 Å². The van der Waals surface area contributed by atoms with E-state index >= 15 is 0 Å². The molecule has 0 saturated heterocycles. The van der Waals surface area contributed by atoms with Gasteiger partial charge in [0.1, 0.15) is 17.2 Å². The smallest absolute Gasteiger partial charge is 0.260 e. The van der Waals surface area contributed by atoms with E-state index in [4.69, 9.17) is 10.00 Å². The minimum atomic E-state index is -0.650. The highest BCUT2D eigenvalue weighted by molar-refractivity contribution is 6.32. The lowest BCUT2D eigenvalue weighted by Crippen LogP contribution is -2.21. The number of ether oxygens (including phenoxy) is 1. The number of rotatable bonds is 2. The average molecular weight is 372 g/mol. The topological polar surface area (TPSA) is 62.1 Å². The third kappa shape index (κ3) is 2.99. The zero-order valence-corrected chi connectivity index (χ0v) is 15.4. The Labute approximate surface area is 162 Å². The highest BCUT2D eigenvalue weighted by Gasteiger charge is 2.38. The van der Waals surface area contributed by atoms with Crippen LogP contribution < -0.4 is 5.32 Å². The second-order valence-electron chi connectivity index (χ2n) is 7.14. The van der Waals surface area contributed by atoms with Crippen molar-refractivity contribution < 1.29 is 13.9 Å². The fraction of sp³-hybridized carbons (Fsp3) is 0.130. The van der Waals surface area contributed by atoms with Gasteiger partial charge in [-0.3, -0.25) is 4.79 Å². The van der Waals surface area contributed by atoms with Crippen molar-refractivity contribution >= 4 is 28.8 Å². The van der Waals surface area contributed by atoms with Crippen molar-refractivity contribution in [3.05, 3.63) is 82.9 Å². The number of hydrogen-bond acceptors (Lipinski definition) is 3. The van der Waals surface area contributed by atoms with Crippen LogP contribution in [0.15, 0.2) is 60.4 Å². The molecule has 4 rings (SSSR count). The second-order valence-corrected chi connectivity index (χ2v) is 7.14. The molecule has 1 amide bonds. The Kier molecular flexibility index (Phi) is 4.12. The summed E-state index contributed by atoms with van der Waals surface area (Å²) < 4.78 is 19.6. The zero-order chi connectivity index (χ0) is 19.9. The predicted octanol–water partition coefficient (Wildman–Crippen LogP) is 4.92. The summed E-state index contributed by atoms with van der Waals surface area (Å²) in [4.78, 5) is 12.5. The van der Waals surface area contributed by atoms with E-state index in [1.807, 2.05) is 50.3 Å². The summed E-state index contributed by atoms with van der Waals surface area (Å²) in [5.74, 6) is -0.258. The first-order valence-corrected chi connectivity index (χ1v) is 8.82. The summed E-state index contributed by atoms with van der Waals surface area (Å²) >= 11 is 0. The normalized spacial score (nSPS) is 19.8. The number of fused-ring (bicyclic) bond motifs is 1. The van der Waals surface area contributed by atoms with Gasteiger partial charge in [-0.25, -0.2) is 4.39 Å². The van der Waals surface area contributed by atoms with E-state index in [2.05, 4.69) is 5.32 Å². The molecule has 4 nitrogen and oxygen atoms in total. The second kappa shape index (κ2) is 6.50. The first kappa shape index (κ1) is 17.7. The lowest BCUT2D eigenvalue weighted by atomic mass is 9.91. The van der Waals surface area contributed by atoms with Crippen molar-refractivity contribution in [2.45, 2.75) is 19.4 Å². The maximum absolute atomic E-state index is 13.5. The number of allylic oxidation sites excluding steroid dienone is 2. The van der Waals surface area contributed by atoms with Gasteiger partial charge in [0.2, 0.25) is 0 Å². The van der Waals surface area contributed by atoms with Crippen LogP contribution in [0.25, 0.3) is 17.2 Å². The van der Waals surface area contributed by atoms with Gasteiger partial charge in [-0.15, -0.1) is 0 Å². The molecule has 0 aromatic heterocycles. The molecule has 0 saturated carbocycles. The highest BCUT2D eigenvalue weighted by Crippen LogP contribution is 2.44. The Morgan fingerprint density at radius 2 is 2.04 bits per heavy atom. The molecule has 2 aromatic rings. The first-order valence-electron chi connectivity index (χ1n) is 8.82. The summed E-state index contributed by atoms with van der Waals surface area (Å²) in [6, 6.07) is 14.0. The van der Waals surface area contributed by atoms with Gasteiger partial charge in [-0.1, -0.05) is 18.2 Å². The summed E-state index contributed by atoms with van der Waals surface area (Å²) in [5, 5.41) is 11.4. The quantitative estimate of drug-likeness (QED) is 0.601. The predicted molar refractivity (Wildman–Crippen MR) is 106 cm³/mol. The average Bonchev–Trinajstić information content (AvgIpc) is 3.14. The number of hydrogen-bond donors (Lipinski definition) is 1. The molecule has 28 heavy (non-hydrogen) atoms. The fourth-order valence-electron chi connectivity index (χ4n) is 3.55. The van der Waals surface area contributed by atoms with Crippen molar-refractivity contribution in [3.8, 4) is 6.07 Å². The first-order chi connectivity index (χ1) is 13.4. The Bertz CT molecular complexity index is 1130. The number of carbonyl (C=O) groups excluding carboxylic acids is 1. The van der Waals surface area contributed by atoms with Gasteiger partial charge < -0.3 is 10.1 Å². The Morgan fingerprint density at radius 1 is 1.21 bits per heavy atom. The molecule has 0 radical (unpaired) electrons. The number of nitriles is 1. The molecule has 0 unspecified atom stereocenters. The van der Waals surface area contributed by atoms with E-state index in [1.54, 1.807) is 12.1 Å². The Balaban J connectivity index is 1.82. The van der Waals surface area contributed by atoms with E-state index < -0.39 is 11.4 Å². The van der Waals surface area contributed by atoms with Gasteiger partial charge >= 0.3 is 0 Å². The van der Waals surface area contributed by atoms with Crippen LogP contribution in [0, 0.1) is 17.1 Å². The molecule has 0 aliphatic carbocycles. The number of carbonyl (C=O) groups is 1. The fourth-order valence-corrected chi connectivity index (χ4v) is 3.55. The van der Waals surface area contributed by atoms with Crippen molar-refractivity contribution in [2.75, 3.05) is 5.32 Å². The number of amides is 1. The number of nitrogens with zero attached hydrogens (tertiary/aromatic N) is 1. The van der Waals surface area contributed by atoms with Gasteiger partial charge in [0.15, 0.2) is 0 Å². The van der Waals surface area contributed by atoms with Gasteiger partial charge in [-0.05, 0) is 61.4 Å². The molecule has 2 aliphatic heterocycles. The van der Waals surface area contributed by atoms with E-state index in [0.29, 0.717) is 22.6 Å². The van der Waals surface area contributed by atoms with Crippen molar-refractivity contribution in [2.24, 2.45) is 0 Å². The van der Waals surface area contributed by atoms with Gasteiger partial charge in [0, 0.05) is 17.2 Å². The molecule has 0 atom stereocenters. The molecule has 1 N–H and O–H groups in total. The molecule has 138 valence electrons. The summed E-state index contributed by atoms with van der Waals surface area (Å²) in [6.45, 7) is 3.87. The number of anilines is 1. The molecule has 0 bridgehead atoms. The monoisotopic (exact) mass is 372 g/mol. The minimum Gasteiger partial charge on any atom is -0.482 e. The lowest BCUT2D eigenvalue weighted by molar-refractivity contribution is -0.111. The Hall–Kier alpha value is -3.65. The number of halogens is 1. The van der Waals surface area contributed by atoms with E-state index in [1.165, 1.54) is 18.2 Å². The zero-order valence-electron chi connectivity index (χ0n) is 15.4. The van der Waals surface area contributed by atoms with Crippen molar-refractivity contribution in [1.82, 2.24) is 0 Å². The molecule has 0 fully saturated rings. The van der Waals surface area contributed by atoms with E-state index in [-0.39, 0.29) is 5.91 Å². The van der Waals surface area contributed by atoms with Crippen LogP contribution in [-0.2, 0) is 9.53 Å². The Morgan fingerprint density at radius 3 is 2.82 bits per heavy atom. The summed E-state index contributed by atoms with van der Waals surface area (Å²) in [7, 11) is 0. The van der Waals surface area contributed by atoms with Crippen LogP contribution in [0.3, 0.4) is 0 Å². The molecule has 2 aliphatic rings. The molecule has 0 spiro atoms. The van der Waals surface area contributed by atoms with Gasteiger partial charge in [0.05, 0.1) is 17.3 Å². The summed E-state index contributed by atoms with van der Waals surface area (Å²) in [6.07, 6.45) is 5.03. The minimum absolute atomic E-state index is 0.311.